The zero-order valence-electron chi connectivity index (χ0n) is 20.3. The Morgan fingerprint density at radius 3 is 2.66 bits per heavy atom. The number of rotatable bonds is 6. The summed E-state index contributed by atoms with van der Waals surface area (Å²) in [4.78, 5) is 25.9. The molecule has 0 spiro atoms. The van der Waals surface area contributed by atoms with Gasteiger partial charge in [0.2, 0.25) is 0 Å². The van der Waals surface area contributed by atoms with Crippen molar-refractivity contribution < 1.29 is 23.1 Å². The number of carboxylic acids is 1. The Bertz CT molecular complexity index is 1630. The van der Waals surface area contributed by atoms with Crippen molar-refractivity contribution in [1.29, 1.82) is 0 Å². The molecule has 0 amide bonds. The van der Waals surface area contributed by atoms with Gasteiger partial charge in [0, 0.05) is 5.69 Å². The van der Waals surface area contributed by atoms with Gasteiger partial charge < -0.3 is 13.9 Å². The van der Waals surface area contributed by atoms with Crippen molar-refractivity contribution in [2.75, 3.05) is 0 Å². The number of carbonyl (C=O) groups is 1. The predicted octanol–water partition coefficient (Wildman–Crippen LogP) is 5.75. The van der Waals surface area contributed by atoms with Gasteiger partial charge in [-0.1, -0.05) is 0 Å². The number of H-pyrrole nitrogens is 1. The molecule has 3 aliphatic carbocycles. The molecule has 5 heterocycles. The van der Waals surface area contributed by atoms with Gasteiger partial charge in [0.15, 0.2) is 28.8 Å². The Morgan fingerprint density at radius 2 is 1.87 bits per heavy atom. The van der Waals surface area contributed by atoms with Crippen LogP contribution in [-0.2, 0) is 11.2 Å². The average molecular weight is 514 g/mol. The van der Waals surface area contributed by atoms with E-state index in [-0.39, 0.29) is 17.8 Å². The van der Waals surface area contributed by atoms with Gasteiger partial charge in [0.1, 0.15) is 17.2 Å². The molecule has 0 saturated heterocycles. The number of fused-ring (bicyclic) bond motifs is 4. The average Bonchev–Trinajstić information content (AvgIpc) is 3.69. The number of hydrogen-bond acceptors (Lipinski definition) is 7. The van der Waals surface area contributed by atoms with Crippen molar-refractivity contribution >= 4 is 17.0 Å². The summed E-state index contributed by atoms with van der Waals surface area (Å²) in [6.07, 6.45) is 7.23. The zero-order chi connectivity index (χ0) is 25.8. The van der Waals surface area contributed by atoms with E-state index in [0.29, 0.717) is 63.6 Å². The molecule has 2 bridgehead atoms. The van der Waals surface area contributed by atoms with E-state index < -0.39 is 11.8 Å². The van der Waals surface area contributed by atoms with Crippen LogP contribution in [0, 0.1) is 29.5 Å². The van der Waals surface area contributed by atoms with Crippen molar-refractivity contribution in [1.82, 2.24) is 25.1 Å². The van der Waals surface area contributed by atoms with Gasteiger partial charge in [0.05, 0.1) is 23.8 Å². The number of halogens is 1. The van der Waals surface area contributed by atoms with Crippen molar-refractivity contribution in [3.8, 4) is 34.5 Å². The SMILES string of the molecule is O=C(O)[C@H]1C2CCC(CC2)[C@@H]1Cc1cc(-c2ccc(-c3ccco3)o2)nc(-c2[nH]nc3ncc(F)cc23)n1. The number of aromatic amines is 1. The van der Waals surface area contributed by atoms with E-state index >= 15 is 0 Å². The molecule has 192 valence electrons. The number of hydrogen-bond donors (Lipinski definition) is 2. The van der Waals surface area contributed by atoms with Gasteiger partial charge in [-0.3, -0.25) is 9.89 Å². The van der Waals surface area contributed by atoms with Gasteiger partial charge in [0.25, 0.3) is 0 Å². The van der Waals surface area contributed by atoms with Crippen LogP contribution in [0.2, 0.25) is 0 Å². The summed E-state index contributed by atoms with van der Waals surface area (Å²) < 4.78 is 25.6. The maximum Gasteiger partial charge on any atom is 0.307 e. The molecule has 9 nitrogen and oxygen atoms in total. The Labute approximate surface area is 216 Å². The lowest BCUT2D eigenvalue weighted by Gasteiger charge is -2.46. The van der Waals surface area contributed by atoms with E-state index in [2.05, 4.69) is 15.2 Å². The van der Waals surface area contributed by atoms with Crippen LogP contribution in [0.1, 0.15) is 31.4 Å². The lowest BCUT2D eigenvalue weighted by molar-refractivity contribution is -0.152. The molecule has 0 radical (unpaired) electrons. The normalized spacial score (nSPS) is 22.8. The molecule has 5 aromatic heterocycles. The molecule has 10 heteroatoms. The molecular formula is C28H24FN5O4. The Morgan fingerprint density at radius 1 is 1.05 bits per heavy atom. The van der Waals surface area contributed by atoms with Crippen molar-refractivity contribution in [2.45, 2.75) is 32.1 Å². The molecule has 2 atom stereocenters. The third-order valence-corrected chi connectivity index (χ3v) is 8.12. The van der Waals surface area contributed by atoms with Gasteiger partial charge >= 0.3 is 5.97 Å². The number of nitrogens with one attached hydrogen (secondary N) is 1. The highest BCUT2D eigenvalue weighted by Gasteiger charge is 2.47. The number of carboxylic acid groups (broad SMARTS) is 1. The van der Waals surface area contributed by atoms with E-state index in [1.165, 1.54) is 6.07 Å². The molecule has 3 saturated carbocycles. The first-order valence-electron chi connectivity index (χ1n) is 12.8. The summed E-state index contributed by atoms with van der Waals surface area (Å²) in [5.74, 6) is 0.911. The van der Waals surface area contributed by atoms with Crippen LogP contribution in [0.5, 0.6) is 0 Å². The molecule has 5 aromatic rings. The highest BCUT2D eigenvalue weighted by Crippen LogP contribution is 2.50. The number of aliphatic carboxylic acids is 1. The van der Waals surface area contributed by atoms with Crippen LogP contribution in [0.3, 0.4) is 0 Å². The topological polar surface area (TPSA) is 131 Å². The largest absolute Gasteiger partial charge is 0.481 e. The highest BCUT2D eigenvalue weighted by atomic mass is 19.1. The second-order valence-electron chi connectivity index (χ2n) is 10.2. The minimum absolute atomic E-state index is 0.0106. The molecular weight excluding hydrogens is 489 g/mol. The monoisotopic (exact) mass is 513 g/mol. The third-order valence-electron chi connectivity index (χ3n) is 8.12. The lowest BCUT2D eigenvalue weighted by atomic mass is 9.57. The fraction of sp³-hybridized carbons (Fsp3) is 0.321. The summed E-state index contributed by atoms with van der Waals surface area (Å²) in [5, 5.41) is 17.6. The Kier molecular flexibility index (Phi) is 5.34. The van der Waals surface area contributed by atoms with Crippen LogP contribution >= 0.6 is 0 Å². The molecule has 0 aromatic carbocycles. The Balaban J connectivity index is 1.33. The maximum atomic E-state index is 14.1. The molecule has 38 heavy (non-hydrogen) atoms. The molecule has 0 unspecified atom stereocenters. The van der Waals surface area contributed by atoms with Gasteiger partial charge in [-0.25, -0.2) is 19.3 Å². The summed E-state index contributed by atoms with van der Waals surface area (Å²) in [5.41, 5.74) is 2.03. The molecule has 0 aliphatic heterocycles. The summed E-state index contributed by atoms with van der Waals surface area (Å²) in [6.45, 7) is 0. The van der Waals surface area contributed by atoms with Gasteiger partial charge in [-0.15, -0.1) is 0 Å². The van der Waals surface area contributed by atoms with Crippen molar-refractivity contribution in [2.24, 2.45) is 23.7 Å². The molecule has 3 fully saturated rings. The fourth-order valence-corrected chi connectivity index (χ4v) is 6.41. The number of pyridine rings is 1. The first-order chi connectivity index (χ1) is 18.5. The second-order valence-corrected chi connectivity index (χ2v) is 10.2. The van der Waals surface area contributed by atoms with E-state index in [1.54, 1.807) is 18.4 Å². The van der Waals surface area contributed by atoms with E-state index in [9.17, 15) is 14.3 Å². The Hall–Kier alpha value is -4.34. The van der Waals surface area contributed by atoms with E-state index in [4.69, 9.17) is 18.8 Å². The molecule has 3 aliphatic rings. The summed E-state index contributed by atoms with van der Waals surface area (Å²) in [7, 11) is 0. The van der Waals surface area contributed by atoms with Crippen LogP contribution in [-0.4, -0.2) is 36.2 Å². The zero-order valence-corrected chi connectivity index (χ0v) is 20.3. The maximum absolute atomic E-state index is 14.1. The summed E-state index contributed by atoms with van der Waals surface area (Å²) >= 11 is 0. The third kappa shape index (κ3) is 3.87. The molecule has 2 N–H and O–H groups in total. The highest BCUT2D eigenvalue weighted by molar-refractivity contribution is 5.88. The molecule has 8 rings (SSSR count). The van der Waals surface area contributed by atoms with Crippen LogP contribution in [0.4, 0.5) is 4.39 Å². The second kappa shape index (κ2) is 8.90. The van der Waals surface area contributed by atoms with Crippen molar-refractivity contribution in [3.63, 3.8) is 0 Å². The van der Waals surface area contributed by atoms with E-state index in [0.717, 1.165) is 31.9 Å². The van der Waals surface area contributed by atoms with Crippen molar-refractivity contribution in [3.05, 3.63) is 60.4 Å². The van der Waals surface area contributed by atoms with Crippen LogP contribution < -0.4 is 0 Å². The van der Waals surface area contributed by atoms with E-state index in [1.807, 2.05) is 18.2 Å². The number of aromatic nitrogens is 5. The first kappa shape index (κ1) is 22.8. The minimum Gasteiger partial charge on any atom is -0.481 e. The standard InChI is InChI=1S/C28H24FN5O4/c29-16-10-19-25(33-34-26(19)30-13-16)27-31-17(11-18-14-3-5-15(6-4-14)24(18)28(35)36)12-20(32-27)21-7-8-23(38-21)22-2-1-9-37-22/h1-2,7-10,12-15,18,24H,3-6,11H2,(H,35,36)(H,30,33,34)/t14?,15?,18-,24-/m0/s1. The lowest BCUT2D eigenvalue weighted by Crippen LogP contribution is -2.45. The number of furan rings is 2. The predicted molar refractivity (Wildman–Crippen MR) is 134 cm³/mol. The van der Waals surface area contributed by atoms with Crippen LogP contribution in [0.15, 0.2) is 57.7 Å². The fourth-order valence-electron chi connectivity index (χ4n) is 6.41. The van der Waals surface area contributed by atoms with Gasteiger partial charge in [-0.2, -0.15) is 5.10 Å². The minimum atomic E-state index is -0.728. The number of nitrogens with zero attached hydrogens (tertiary/aromatic N) is 4. The summed E-state index contributed by atoms with van der Waals surface area (Å²) in [6, 6.07) is 10.4. The van der Waals surface area contributed by atoms with Crippen LogP contribution in [0.25, 0.3) is 45.5 Å². The first-order valence-corrected chi connectivity index (χ1v) is 12.8. The quantitative estimate of drug-likeness (QED) is 0.293. The van der Waals surface area contributed by atoms with Gasteiger partial charge in [-0.05, 0) is 86.3 Å². The smallest absolute Gasteiger partial charge is 0.307 e.